The lowest BCUT2D eigenvalue weighted by Crippen LogP contribution is -2.35. The molecule has 0 bridgehead atoms. The number of rotatable bonds is 9. The van der Waals surface area contributed by atoms with E-state index < -0.39 is 0 Å². The average molecular weight is 296 g/mol. The van der Waals surface area contributed by atoms with Crippen molar-refractivity contribution in [3.63, 3.8) is 0 Å². The second-order valence-corrected chi connectivity index (χ2v) is 5.93. The molecule has 0 spiro atoms. The summed E-state index contributed by atoms with van der Waals surface area (Å²) in [5, 5.41) is 12.7. The molecule has 1 aromatic carbocycles. The molecule has 1 aromatic rings. The third kappa shape index (κ3) is 6.12. The number of nitrogens with one attached hydrogen (secondary N) is 1. The lowest BCUT2D eigenvalue weighted by atomic mass is 9.93. The molecular formula is C17H29FN2O. The minimum Gasteiger partial charge on any atom is -0.393 e. The number of nitrogens with zero attached hydrogens (tertiary/aromatic N) is 1. The predicted octanol–water partition coefficient (Wildman–Crippen LogP) is 2.82. The Balaban J connectivity index is 2.70. The van der Waals surface area contributed by atoms with Gasteiger partial charge in [0.15, 0.2) is 0 Å². The molecule has 3 atom stereocenters. The molecule has 21 heavy (non-hydrogen) atoms. The van der Waals surface area contributed by atoms with Crippen molar-refractivity contribution in [2.24, 2.45) is 5.92 Å². The highest BCUT2D eigenvalue weighted by molar-refractivity contribution is 5.22. The fourth-order valence-corrected chi connectivity index (χ4v) is 2.66. The van der Waals surface area contributed by atoms with E-state index in [1.807, 2.05) is 26.1 Å². The first-order chi connectivity index (χ1) is 9.95. The molecule has 1 rings (SSSR count). The Hall–Kier alpha value is -0.970. The molecule has 0 aliphatic rings. The van der Waals surface area contributed by atoms with Crippen molar-refractivity contribution in [1.29, 1.82) is 0 Å². The summed E-state index contributed by atoms with van der Waals surface area (Å²) in [6, 6.07) is 6.98. The molecule has 4 heteroatoms. The molecule has 0 heterocycles. The van der Waals surface area contributed by atoms with Crippen LogP contribution in [0, 0.1) is 11.7 Å². The lowest BCUT2D eigenvalue weighted by Gasteiger charge is -2.29. The summed E-state index contributed by atoms with van der Waals surface area (Å²) < 4.78 is 14.0. The SMILES string of the molecule is CCNC(c1ccccc1F)C(C)CN(C)CCC(C)O. The Morgan fingerprint density at radius 3 is 2.52 bits per heavy atom. The van der Waals surface area contributed by atoms with Crippen LogP contribution in [0.4, 0.5) is 4.39 Å². The van der Waals surface area contributed by atoms with E-state index in [2.05, 4.69) is 17.1 Å². The van der Waals surface area contributed by atoms with Crippen LogP contribution in [0.3, 0.4) is 0 Å². The van der Waals surface area contributed by atoms with Gasteiger partial charge < -0.3 is 15.3 Å². The van der Waals surface area contributed by atoms with Crippen LogP contribution >= 0.6 is 0 Å². The summed E-state index contributed by atoms with van der Waals surface area (Å²) in [6.07, 6.45) is 0.480. The maximum Gasteiger partial charge on any atom is 0.127 e. The molecule has 2 N–H and O–H groups in total. The van der Waals surface area contributed by atoms with Gasteiger partial charge in [0.1, 0.15) is 5.82 Å². The maximum atomic E-state index is 14.0. The highest BCUT2D eigenvalue weighted by atomic mass is 19.1. The van der Waals surface area contributed by atoms with Crippen molar-refractivity contribution >= 4 is 0 Å². The van der Waals surface area contributed by atoms with Crippen molar-refractivity contribution in [2.75, 3.05) is 26.7 Å². The standard InChI is InChI=1S/C17H29FN2O/c1-5-19-17(15-8-6-7-9-16(15)18)13(2)12-20(4)11-10-14(3)21/h6-9,13-14,17,19,21H,5,10-12H2,1-4H3. The van der Waals surface area contributed by atoms with Crippen LogP contribution in [-0.2, 0) is 0 Å². The fraction of sp³-hybridized carbons (Fsp3) is 0.647. The average Bonchev–Trinajstić information content (AvgIpc) is 2.43. The van der Waals surface area contributed by atoms with E-state index in [0.29, 0.717) is 0 Å². The van der Waals surface area contributed by atoms with E-state index in [1.165, 1.54) is 6.07 Å². The monoisotopic (exact) mass is 296 g/mol. The number of aliphatic hydroxyl groups is 1. The summed E-state index contributed by atoms with van der Waals surface area (Å²) in [7, 11) is 2.04. The number of aliphatic hydroxyl groups excluding tert-OH is 1. The van der Waals surface area contributed by atoms with Crippen molar-refractivity contribution in [3.05, 3.63) is 35.6 Å². The molecule has 3 nitrogen and oxygen atoms in total. The minimum atomic E-state index is -0.279. The van der Waals surface area contributed by atoms with Gasteiger partial charge >= 0.3 is 0 Å². The van der Waals surface area contributed by atoms with Crippen LogP contribution in [0.2, 0.25) is 0 Å². The highest BCUT2D eigenvalue weighted by Crippen LogP contribution is 2.25. The van der Waals surface area contributed by atoms with Gasteiger partial charge in [0.05, 0.1) is 6.10 Å². The Bertz CT molecular complexity index is 412. The quantitative estimate of drug-likeness (QED) is 0.735. The highest BCUT2D eigenvalue weighted by Gasteiger charge is 2.22. The number of halogens is 1. The topological polar surface area (TPSA) is 35.5 Å². The minimum absolute atomic E-state index is 0.00481. The van der Waals surface area contributed by atoms with Crippen LogP contribution in [0.25, 0.3) is 0 Å². The Kier molecular flexibility index (Phi) is 7.86. The third-order valence-corrected chi connectivity index (χ3v) is 3.76. The molecule has 0 aliphatic heterocycles. The molecule has 120 valence electrons. The number of hydrogen-bond acceptors (Lipinski definition) is 3. The van der Waals surface area contributed by atoms with Gasteiger partial charge in [0.25, 0.3) is 0 Å². The van der Waals surface area contributed by atoms with E-state index in [0.717, 1.165) is 31.6 Å². The molecule has 0 aliphatic carbocycles. The smallest absolute Gasteiger partial charge is 0.127 e. The normalized spacial score (nSPS) is 16.0. The summed E-state index contributed by atoms with van der Waals surface area (Å²) >= 11 is 0. The third-order valence-electron chi connectivity index (χ3n) is 3.76. The Morgan fingerprint density at radius 2 is 1.95 bits per heavy atom. The number of hydrogen-bond donors (Lipinski definition) is 2. The van der Waals surface area contributed by atoms with Crippen LogP contribution in [0.15, 0.2) is 24.3 Å². The van der Waals surface area contributed by atoms with Gasteiger partial charge in [-0.05, 0) is 38.9 Å². The predicted molar refractivity (Wildman–Crippen MR) is 85.8 cm³/mol. The van der Waals surface area contributed by atoms with Gasteiger partial charge in [-0.15, -0.1) is 0 Å². The second-order valence-electron chi connectivity index (χ2n) is 5.93. The zero-order valence-corrected chi connectivity index (χ0v) is 13.6. The first-order valence-electron chi connectivity index (χ1n) is 7.80. The molecule has 0 fully saturated rings. The molecule has 0 saturated heterocycles. The van der Waals surface area contributed by atoms with Crippen LogP contribution in [-0.4, -0.2) is 42.8 Å². The largest absolute Gasteiger partial charge is 0.393 e. The van der Waals surface area contributed by atoms with Crippen molar-refractivity contribution < 1.29 is 9.50 Å². The first-order valence-corrected chi connectivity index (χ1v) is 7.80. The van der Waals surface area contributed by atoms with Gasteiger partial charge in [-0.2, -0.15) is 0 Å². The molecular weight excluding hydrogens is 267 g/mol. The van der Waals surface area contributed by atoms with Gasteiger partial charge in [0.2, 0.25) is 0 Å². The molecule has 0 radical (unpaired) electrons. The fourth-order valence-electron chi connectivity index (χ4n) is 2.66. The molecule has 3 unspecified atom stereocenters. The zero-order valence-electron chi connectivity index (χ0n) is 13.6. The van der Waals surface area contributed by atoms with Gasteiger partial charge in [-0.3, -0.25) is 0 Å². The Morgan fingerprint density at radius 1 is 1.29 bits per heavy atom. The summed E-state index contributed by atoms with van der Waals surface area (Å²) in [4.78, 5) is 2.20. The Labute approximate surface area is 128 Å². The van der Waals surface area contributed by atoms with Gasteiger partial charge in [-0.25, -0.2) is 4.39 Å². The van der Waals surface area contributed by atoms with Crippen LogP contribution in [0.1, 0.15) is 38.8 Å². The van der Waals surface area contributed by atoms with Crippen molar-refractivity contribution in [3.8, 4) is 0 Å². The van der Waals surface area contributed by atoms with Crippen LogP contribution < -0.4 is 5.32 Å². The van der Waals surface area contributed by atoms with E-state index in [-0.39, 0.29) is 23.9 Å². The summed E-state index contributed by atoms with van der Waals surface area (Å²) in [5.41, 5.74) is 0.732. The van der Waals surface area contributed by atoms with E-state index >= 15 is 0 Å². The number of benzene rings is 1. The second kappa shape index (κ2) is 9.13. The van der Waals surface area contributed by atoms with Crippen molar-refractivity contribution in [2.45, 2.75) is 39.3 Å². The van der Waals surface area contributed by atoms with Gasteiger partial charge in [0, 0.05) is 24.7 Å². The molecule has 0 amide bonds. The van der Waals surface area contributed by atoms with E-state index in [4.69, 9.17) is 0 Å². The summed E-state index contributed by atoms with van der Waals surface area (Å²) in [6.45, 7) is 8.49. The molecule has 0 saturated carbocycles. The zero-order chi connectivity index (χ0) is 15.8. The summed E-state index contributed by atoms with van der Waals surface area (Å²) in [5.74, 6) is 0.128. The van der Waals surface area contributed by atoms with Gasteiger partial charge in [-0.1, -0.05) is 32.0 Å². The van der Waals surface area contributed by atoms with Crippen molar-refractivity contribution in [1.82, 2.24) is 10.2 Å². The lowest BCUT2D eigenvalue weighted by molar-refractivity contribution is 0.155. The maximum absolute atomic E-state index is 14.0. The van der Waals surface area contributed by atoms with E-state index in [9.17, 15) is 9.50 Å². The first kappa shape index (κ1) is 18.1. The molecule has 0 aromatic heterocycles. The van der Waals surface area contributed by atoms with Crippen LogP contribution in [0.5, 0.6) is 0 Å². The van der Waals surface area contributed by atoms with E-state index in [1.54, 1.807) is 13.0 Å².